The average Bonchev–Trinajstić information content (AvgIpc) is 2.82. The fourth-order valence-electron chi connectivity index (χ4n) is 2.50. The van der Waals surface area contributed by atoms with Gasteiger partial charge in [0, 0.05) is 39.1 Å². The van der Waals surface area contributed by atoms with E-state index in [2.05, 4.69) is 15.2 Å². The van der Waals surface area contributed by atoms with Gasteiger partial charge in [0.05, 0.1) is 12.5 Å². The standard InChI is InChI=1S/C13H23N5O/c1-17-8-6-15-12(17)10-18-7-2-3-11(9-18)13(19)16-5-4-14/h6,8,11H,2-5,7,9-10,14H2,1H3,(H,16,19). The Morgan fingerprint density at radius 2 is 2.47 bits per heavy atom. The number of aromatic nitrogens is 2. The molecule has 1 atom stereocenters. The number of nitrogens with one attached hydrogen (secondary N) is 1. The van der Waals surface area contributed by atoms with Gasteiger partial charge in [0.15, 0.2) is 0 Å². The highest BCUT2D eigenvalue weighted by atomic mass is 16.1. The van der Waals surface area contributed by atoms with Crippen molar-refractivity contribution in [3.05, 3.63) is 18.2 Å². The zero-order chi connectivity index (χ0) is 13.7. The lowest BCUT2D eigenvalue weighted by atomic mass is 9.97. The second-order valence-electron chi connectivity index (χ2n) is 5.11. The first-order valence-corrected chi connectivity index (χ1v) is 6.87. The van der Waals surface area contributed by atoms with Crippen LogP contribution in [-0.2, 0) is 18.4 Å². The topological polar surface area (TPSA) is 76.2 Å². The van der Waals surface area contributed by atoms with Gasteiger partial charge in [0.1, 0.15) is 5.82 Å². The first kappa shape index (κ1) is 14.0. The van der Waals surface area contributed by atoms with Crippen LogP contribution >= 0.6 is 0 Å². The molecule has 3 N–H and O–H groups in total. The van der Waals surface area contributed by atoms with E-state index in [1.165, 1.54) is 0 Å². The van der Waals surface area contributed by atoms with E-state index in [-0.39, 0.29) is 11.8 Å². The van der Waals surface area contributed by atoms with Crippen LogP contribution in [0.3, 0.4) is 0 Å². The Hall–Kier alpha value is -1.40. The third-order valence-corrected chi connectivity index (χ3v) is 3.61. The molecule has 1 amide bonds. The van der Waals surface area contributed by atoms with Crippen LogP contribution in [0.2, 0.25) is 0 Å². The molecule has 0 aliphatic carbocycles. The van der Waals surface area contributed by atoms with Gasteiger partial charge in [-0.25, -0.2) is 4.98 Å². The van der Waals surface area contributed by atoms with E-state index in [1.807, 2.05) is 24.0 Å². The van der Waals surface area contributed by atoms with Crippen LogP contribution < -0.4 is 11.1 Å². The number of imidazole rings is 1. The molecule has 0 bridgehead atoms. The predicted octanol–water partition coefficient (Wildman–Crippen LogP) is -0.293. The summed E-state index contributed by atoms with van der Waals surface area (Å²) in [5.41, 5.74) is 5.40. The van der Waals surface area contributed by atoms with Crippen LogP contribution in [0.15, 0.2) is 12.4 Å². The van der Waals surface area contributed by atoms with Crippen LogP contribution in [0.1, 0.15) is 18.7 Å². The molecule has 19 heavy (non-hydrogen) atoms. The number of hydrogen-bond donors (Lipinski definition) is 2. The Bertz CT molecular complexity index is 417. The highest BCUT2D eigenvalue weighted by Crippen LogP contribution is 2.18. The largest absolute Gasteiger partial charge is 0.355 e. The molecule has 0 radical (unpaired) electrons. The summed E-state index contributed by atoms with van der Waals surface area (Å²) in [7, 11) is 2.00. The molecule has 0 spiro atoms. The molecule has 1 aliphatic rings. The molecular weight excluding hydrogens is 242 g/mol. The van der Waals surface area contributed by atoms with E-state index in [0.29, 0.717) is 13.1 Å². The fourth-order valence-corrected chi connectivity index (χ4v) is 2.50. The zero-order valence-electron chi connectivity index (χ0n) is 11.5. The number of likely N-dealkylation sites (tertiary alicyclic amines) is 1. The average molecular weight is 265 g/mol. The molecule has 2 rings (SSSR count). The van der Waals surface area contributed by atoms with Crippen LogP contribution in [0.4, 0.5) is 0 Å². The Morgan fingerprint density at radius 3 is 3.16 bits per heavy atom. The molecule has 0 saturated carbocycles. The van der Waals surface area contributed by atoms with E-state index in [9.17, 15) is 4.79 Å². The molecule has 1 aromatic rings. The van der Waals surface area contributed by atoms with E-state index in [0.717, 1.165) is 38.3 Å². The smallest absolute Gasteiger partial charge is 0.224 e. The summed E-state index contributed by atoms with van der Waals surface area (Å²) in [5.74, 6) is 1.26. The van der Waals surface area contributed by atoms with Crippen molar-refractivity contribution in [3.63, 3.8) is 0 Å². The van der Waals surface area contributed by atoms with Gasteiger partial charge in [-0.3, -0.25) is 9.69 Å². The van der Waals surface area contributed by atoms with Crippen molar-refractivity contribution in [2.24, 2.45) is 18.7 Å². The number of piperidine rings is 1. The monoisotopic (exact) mass is 265 g/mol. The number of carbonyl (C=O) groups excluding carboxylic acids is 1. The maximum Gasteiger partial charge on any atom is 0.224 e. The summed E-state index contributed by atoms with van der Waals surface area (Å²) >= 11 is 0. The predicted molar refractivity (Wildman–Crippen MR) is 73.3 cm³/mol. The Balaban J connectivity index is 1.86. The van der Waals surface area contributed by atoms with E-state index in [1.54, 1.807) is 0 Å². The second-order valence-corrected chi connectivity index (χ2v) is 5.11. The lowest BCUT2D eigenvalue weighted by molar-refractivity contribution is -0.126. The van der Waals surface area contributed by atoms with Crippen molar-refractivity contribution in [2.45, 2.75) is 19.4 Å². The third-order valence-electron chi connectivity index (χ3n) is 3.61. The van der Waals surface area contributed by atoms with Crippen molar-refractivity contribution >= 4 is 5.91 Å². The Labute approximate surface area is 114 Å². The lowest BCUT2D eigenvalue weighted by Crippen LogP contribution is -2.43. The summed E-state index contributed by atoms with van der Waals surface area (Å²) in [5, 5.41) is 2.88. The number of rotatable bonds is 5. The summed E-state index contributed by atoms with van der Waals surface area (Å²) in [4.78, 5) is 18.6. The summed E-state index contributed by atoms with van der Waals surface area (Å²) in [6.45, 7) is 3.71. The van der Waals surface area contributed by atoms with Crippen molar-refractivity contribution in [1.82, 2.24) is 19.8 Å². The quantitative estimate of drug-likeness (QED) is 0.767. The third kappa shape index (κ3) is 3.78. The minimum absolute atomic E-state index is 0.0839. The fraction of sp³-hybridized carbons (Fsp3) is 0.692. The molecule has 0 aromatic carbocycles. The zero-order valence-corrected chi connectivity index (χ0v) is 11.5. The first-order chi connectivity index (χ1) is 9.20. The van der Waals surface area contributed by atoms with Crippen molar-refractivity contribution in [1.29, 1.82) is 0 Å². The van der Waals surface area contributed by atoms with Gasteiger partial charge in [-0.2, -0.15) is 0 Å². The van der Waals surface area contributed by atoms with Gasteiger partial charge in [0.2, 0.25) is 5.91 Å². The Kier molecular flexibility index (Phi) is 4.93. The Morgan fingerprint density at radius 1 is 1.63 bits per heavy atom. The highest BCUT2D eigenvalue weighted by molar-refractivity contribution is 5.78. The minimum atomic E-state index is 0.0839. The van der Waals surface area contributed by atoms with Crippen molar-refractivity contribution < 1.29 is 4.79 Å². The van der Waals surface area contributed by atoms with Gasteiger partial charge in [-0.05, 0) is 19.4 Å². The molecule has 1 aliphatic heterocycles. The van der Waals surface area contributed by atoms with Crippen LogP contribution in [0.25, 0.3) is 0 Å². The maximum absolute atomic E-state index is 12.0. The van der Waals surface area contributed by atoms with Gasteiger partial charge in [-0.1, -0.05) is 0 Å². The number of nitrogens with zero attached hydrogens (tertiary/aromatic N) is 3. The molecule has 1 saturated heterocycles. The van der Waals surface area contributed by atoms with Crippen LogP contribution in [0.5, 0.6) is 0 Å². The highest BCUT2D eigenvalue weighted by Gasteiger charge is 2.25. The minimum Gasteiger partial charge on any atom is -0.355 e. The molecule has 6 heteroatoms. The van der Waals surface area contributed by atoms with E-state index >= 15 is 0 Å². The second kappa shape index (κ2) is 6.68. The normalized spacial score (nSPS) is 20.4. The lowest BCUT2D eigenvalue weighted by Gasteiger charge is -2.31. The molecule has 1 aromatic heterocycles. The van der Waals surface area contributed by atoms with Crippen LogP contribution in [0, 0.1) is 5.92 Å². The van der Waals surface area contributed by atoms with Gasteiger partial charge >= 0.3 is 0 Å². The van der Waals surface area contributed by atoms with Gasteiger partial charge < -0.3 is 15.6 Å². The summed E-state index contributed by atoms with van der Waals surface area (Å²) in [6, 6.07) is 0. The van der Waals surface area contributed by atoms with E-state index < -0.39 is 0 Å². The van der Waals surface area contributed by atoms with E-state index in [4.69, 9.17) is 5.73 Å². The van der Waals surface area contributed by atoms with Gasteiger partial charge in [-0.15, -0.1) is 0 Å². The van der Waals surface area contributed by atoms with Crippen molar-refractivity contribution in [3.8, 4) is 0 Å². The molecule has 6 nitrogen and oxygen atoms in total. The maximum atomic E-state index is 12.0. The number of carbonyl (C=O) groups is 1. The van der Waals surface area contributed by atoms with Crippen molar-refractivity contribution in [2.75, 3.05) is 26.2 Å². The summed E-state index contributed by atoms with van der Waals surface area (Å²) in [6.07, 6.45) is 5.79. The van der Waals surface area contributed by atoms with Crippen LogP contribution in [-0.4, -0.2) is 46.5 Å². The summed E-state index contributed by atoms with van der Waals surface area (Å²) < 4.78 is 2.03. The van der Waals surface area contributed by atoms with Gasteiger partial charge in [0.25, 0.3) is 0 Å². The number of amides is 1. The SMILES string of the molecule is Cn1ccnc1CN1CCCC(C(=O)NCCN)C1. The number of aryl methyl sites for hydroxylation is 1. The molecule has 1 unspecified atom stereocenters. The molecule has 2 heterocycles. The molecular formula is C13H23N5O. The molecule has 1 fully saturated rings. The molecule has 106 valence electrons. The number of nitrogens with two attached hydrogens (primary N) is 1. The number of hydrogen-bond acceptors (Lipinski definition) is 4. The first-order valence-electron chi connectivity index (χ1n) is 6.87.